The Morgan fingerprint density at radius 1 is 1.33 bits per heavy atom. The Labute approximate surface area is 89.8 Å². The van der Waals surface area contributed by atoms with E-state index in [9.17, 15) is 5.11 Å². The molecule has 0 fully saturated rings. The zero-order valence-electron chi connectivity index (χ0n) is 9.09. The molecule has 0 aliphatic carbocycles. The van der Waals surface area contributed by atoms with Gasteiger partial charge >= 0.3 is 5.69 Å². The summed E-state index contributed by atoms with van der Waals surface area (Å²) < 4.78 is 0. The summed E-state index contributed by atoms with van der Waals surface area (Å²) in [6, 6.07) is 7.08. The fraction of sp³-hybridized carbons (Fsp3) is 0.455. The van der Waals surface area contributed by atoms with Crippen molar-refractivity contribution in [2.45, 2.75) is 26.5 Å². The summed E-state index contributed by atoms with van der Waals surface area (Å²) in [5.41, 5.74) is 1.44. The SMILES string of the molecule is CCC(O)N(CC)c1ccc([N+]#N)cc1. The highest BCUT2D eigenvalue weighted by atomic mass is 16.3. The molecule has 0 spiro atoms. The second-order valence-corrected chi connectivity index (χ2v) is 3.29. The molecule has 1 unspecified atom stereocenters. The monoisotopic (exact) mass is 206 g/mol. The third-order valence-corrected chi connectivity index (χ3v) is 2.36. The molecule has 1 atom stereocenters. The lowest BCUT2D eigenvalue weighted by Gasteiger charge is -2.27. The standard InChI is InChI=1S/C11H16N3O/c1-3-11(15)14(4-2)10-7-5-9(13-12)6-8-10/h5-8,11,15H,3-4H2,1-2H3/q+1. The van der Waals surface area contributed by atoms with Crippen LogP contribution in [0, 0.1) is 5.39 Å². The van der Waals surface area contributed by atoms with Crippen LogP contribution in [0.15, 0.2) is 24.3 Å². The van der Waals surface area contributed by atoms with Crippen molar-refractivity contribution < 1.29 is 5.11 Å². The molecule has 80 valence electrons. The second-order valence-electron chi connectivity index (χ2n) is 3.29. The van der Waals surface area contributed by atoms with Crippen LogP contribution in [-0.4, -0.2) is 17.9 Å². The van der Waals surface area contributed by atoms with Gasteiger partial charge in [0.15, 0.2) is 4.98 Å². The van der Waals surface area contributed by atoms with Gasteiger partial charge in [0.1, 0.15) is 6.23 Å². The highest BCUT2D eigenvalue weighted by molar-refractivity contribution is 5.55. The molecular weight excluding hydrogens is 190 g/mol. The third-order valence-electron chi connectivity index (χ3n) is 2.36. The van der Waals surface area contributed by atoms with Gasteiger partial charge in [0.25, 0.3) is 0 Å². The molecule has 0 radical (unpaired) electrons. The Morgan fingerprint density at radius 2 is 1.93 bits per heavy atom. The molecule has 0 amide bonds. The van der Waals surface area contributed by atoms with Crippen molar-refractivity contribution in [2.75, 3.05) is 11.4 Å². The average Bonchev–Trinajstić information content (AvgIpc) is 2.30. The Balaban J connectivity index is 2.89. The Kier molecular flexibility index (Phi) is 4.07. The lowest BCUT2D eigenvalue weighted by Crippen LogP contribution is -2.34. The average molecular weight is 206 g/mol. The topological polar surface area (TPSA) is 51.6 Å². The molecule has 0 saturated heterocycles. The molecule has 0 saturated carbocycles. The minimum absolute atomic E-state index is 0.466. The van der Waals surface area contributed by atoms with E-state index < -0.39 is 6.23 Å². The van der Waals surface area contributed by atoms with Crippen LogP contribution < -0.4 is 4.90 Å². The van der Waals surface area contributed by atoms with Gasteiger partial charge in [-0.3, -0.25) is 0 Å². The van der Waals surface area contributed by atoms with E-state index >= 15 is 0 Å². The fourth-order valence-electron chi connectivity index (χ4n) is 1.50. The Hall–Kier alpha value is -1.60. The van der Waals surface area contributed by atoms with Crippen LogP contribution in [0.3, 0.4) is 0 Å². The smallest absolute Gasteiger partial charge is 0.374 e. The molecular formula is C11H16N3O+. The summed E-state index contributed by atoms with van der Waals surface area (Å²) in [7, 11) is 0. The number of hydrogen-bond donors (Lipinski definition) is 1. The van der Waals surface area contributed by atoms with E-state index in [0.29, 0.717) is 12.1 Å². The van der Waals surface area contributed by atoms with Gasteiger partial charge in [-0.25, -0.2) is 0 Å². The maximum atomic E-state index is 9.75. The molecule has 0 bridgehead atoms. The molecule has 1 N–H and O–H groups in total. The summed E-state index contributed by atoms with van der Waals surface area (Å²) in [4.78, 5) is 4.97. The van der Waals surface area contributed by atoms with Crippen LogP contribution in [0.5, 0.6) is 0 Å². The summed E-state index contributed by atoms with van der Waals surface area (Å²) >= 11 is 0. The lowest BCUT2D eigenvalue weighted by atomic mass is 10.2. The van der Waals surface area contributed by atoms with Crippen molar-refractivity contribution in [3.63, 3.8) is 0 Å². The zero-order valence-corrected chi connectivity index (χ0v) is 9.09. The fourth-order valence-corrected chi connectivity index (χ4v) is 1.50. The number of diazo groups is 1. The molecule has 4 nitrogen and oxygen atoms in total. The van der Waals surface area contributed by atoms with E-state index in [4.69, 9.17) is 5.39 Å². The van der Waals surface area contributed by atoms with Gasteiger partial charge < -0.3 is 10.0 Å². The Bertz CT molecular complexity index is 342. The molecule has 1 rings (SSSR count). The van der Waals surface area contributed by atoms with Gasteiger partial charge in [-0.05, 0) is 25.5 Å². The third kappa shape index (κ3) is 2.67. The first-order valence-corrected chi connectivity index (χ1v) is 5.12. The van der Waals surface area contributed by atoms with Gasteiger partial charge in [0.05, 0.1) is 0 Å². The van der Waals surface area contributed by atoms with Crippen LogP contribution in [0.4, 0.5) is 11.4 Å². The van der Waals surface area contributed by atoms with Crippen molar-refractivity contribution >= 4 is 11.4 Å². The molecule has 15 heavy (non-hydrogen) atoms. The molecule has 0 aliphatic rings. The summed E-state index contributed by atoms with van der Waals surface area (Å²) in [5.74, 6) is 0. The van der Waals surface area contributed by atoms with Crippen LogP contribution >= 0.6 is 0 Å². The molecule has 0 aliphatic heterocycles. The number of nitrogens with zero attached hydrogens (tertiary/aromatic N) is 3. The van der Waals surface area contributed by atoms with Crippen molar-refractivity contribution in [1.82, 2.24) is 0 Å². The quantitative estimate of drug-likeness (QED) is 0.608. The van der Waals surface area contributed by atoms with E-state index in [2.05, 4.69) is 4.98 Å². The number of aliphatic hydroxyl groups excluding tert-OH is 1. The minimum Gasteiger partial charge on any atom is -0.374 e. The highest BCUT2D eigenvalue weighted by Crippen LogP contribution is 2.21. The first-order chi connectivity index (χ1) is 7.22. The normalized spacial score (nSPS) is 11.9. The van der Waals surface area contributed by atoms with Gasteiger partial charge in [0.2, 0.25) is 5.39 Å². The van der Waals surface area contributed by atoms with Crippen LogP contribution in [0.2, 0.25) is 0 Å². The number of rotatable bonds is 4. The highest BCUT2D eigenvalue weighted by Gasteiger charge is 2.13. The van der Waals surface area contributed by atoms with E-state index in [1.54, 1.807) is 12.1 Å². The largest absolute Gasteiger partial charge is 0.385 e. The minimum atomic E-state index is -0.466. The summed E-state index contributed by atoms with van der Waals surface area (Å²) in [6.07, 6.45) is 0.215. The Morgan fingerprint density at radius 3 is 2.33 bits per heavy atom. The van der Waals surface area contributed by atoms with E-state index in [-0.39, 0.29) is 0 Å². The van der Waals surface area contributed by atoms with Gasteiger partial charge in [-0.1, -0.05) is 6.92 Å². The van der Waals surface area contributed by atoms with E-state index in [1.807, 2.05) is 30.9 Å². The summed E-state index contributed by atoms with van der Waals surface area (Å²) in [6.45, 7) is 4.67. The molecule has 0 heterocycles. The summed E-state index contributed by atoms with van der Waals surface area (Å²) in [5, 5.41) is 18.3. The van der Waals surface area contributed by atoms with Gasteiger partial charge in [-0.15, -0.1) is 0 Å². The van der Waals surface area contributed by atoms with Crippen molar-refractivity contribution in [3.8, 4) is 0 Å². The molecule has 1 aromatic rings. The van der Waals surface area contributed by atoms with Crippen LogP contribution in [0.1, 0.15) is 20.3 Å². The number of anilines is 1. The van der Waals surface area contributed by atoms with Crippen molar-refractivity contribution in [2.24, 2.45) is 0 Å². The van der Waals surface area contributed by atoms with Crippen LogP contribution in [0.25, 0.3) is 4.98 Å². The van der Waals surface area contributed by atoms with Gasteiger partial charge in [0, 0.05) is 24.4 Å². The predicted molar refractivity (Wildman–Crippen MR) is 60.5 cm³/mol. The number of benzene rings is 1. The molecule has 1 aromatic carbocycles. The van der Waals surface area contributed by atoms with Crippen LogP contribution in [-0.2, 0) is 0 Å². The molecule has 0 aromatic heterocycles. The number of hydrogen-bond acceptors (Lipinski definition) is 3. The zero-order chi connectivity index (χ0) is 11.3. The maximum absolute atomic E-state index is 9.75. The van der Waals surface area contributed by atoms with E-state index in [0.717, 1.165) is 12.2 Å². The first-order valence-electron chi connectivity index (χ1n) is 5.12. The second kappa shape index (κ2) is 5.32. The first kappa shape index (κ1) is 11.5. The van der Waals surface area contributed by atoms with Crippen molar-refractivity contribution in [3.05, 3.63) is 29.2 Å². The number of aliphatic hydroxyl groups is 1. The predicted octanol–water partition coefficient (Wildman–Crippen LogP) is 2.73. The maximum Gasteiger partial charge on any atom is 0.385 e. The molecule has 4 heteroatoms. The van der Waals surface area contributed by atoms with E-state index in [1.165, 1.54) is 0 Å². The lowest BCUT2D eigenvalue weighted by molar-refractivity contribution is 0.165. The van der Waals surface area contributed by atoms with Gasteiger partial charge in [-0.2, -0.15) is 0 Å². The van der Waals surface area contributed by atoms with Crippen molar-refractivity contribution in [1.29, 1.82) is 5.39 Å².